The van der Waals surface area contributed by atoms with Gasteiger partial charge < -0.3 is 15.0 Å². The standard InChI is InChI=1S/C36H26F3N3O3/c37-36(38,39)31-3-1-2-28(19-31)30-18-29-14-17-42(22-24-6-8-25(9-7-24)26-12-15-40-16-13-26)33(29)32(20-30)34(43)41-21-23-4-10-27(11-5-23)35(44)45/h1-20H,21-22H2,(H,41,43)(H,44,45). The van der Waals surface area contributed by atoms with Crippen molar-refractivity contribution in [2.24, 2.45) is 0 Å². The fourth-order valence-electron chi connectivity index (χ4n) is 5.28. The first kappa shape index (κ1) is 29.4. The molecule has 0 bridgehead atoms. The third kappa shape index (κ3) is 6.47. The van der Waals surface area contributed by atoms with Gasteiger partial charge in [0.2, 0.25) is 0 Å². The van der Waals surface area contributed by atoms with E-state index in [4.69, 9.17) is 5.11 Å². The SMILES string of the molecule is O=C(O)c1ccc(CNC(=O)c2cc(-c3cccc(C(F)(F)F)c3)cc3ccn(Cc4ccc(-c5ccncc5)cc4)c23)cc1. The number of benzene rings is 4. The highest BCUT2D eigenvalue weighted by Crippen LogP contribution is 2.34. The molecule has 1 amide bonds. The van der Waals surface area contributed by atoms with Gasteiger partial charge in [-0.3, -0.25) is 9.78 Å². The number of nitrogens with one attached hydrogen (secondary N) is 1. The fraction of sp³-hybridized carbons (Fsp3) is 0.0833. The molecular weight excluding hydrogens is 579 g/mol. The Balaban J connectivity index is 1.36. The highest BCUT2D eigenvalue weighted by atomic mass is 19.4. The van der Waals surface area contributed by atoms with Gasteiger partial charge in [0.15, 0.2) is 0 Å². The number of aromatic nitrogens is 2. The minimum atomic E-state index is -4.51. The van der Waals surface area contributed by atoms with E-state index in [0.29, 0.717) is 39.7 Å². The fourth-order valence-corrected chi connectivity index (χ4v) is 5.28. The van der Waals surface area contributed by atoms with E-state index in [-0.39, 0.29) is 12.1 Å². The van der Waals surface area contributed by atoms with Crippen LogP contribution in [0, 0.1) is 0 Å². The van der Waals surface area contributed by atoms with Crippen molar-refractivity contribution in [3.63, 3.8) is 0 Å². The number of alkyl halides is 3. The van der Waals surface area contributed by atoms with E-state index in [9.17, 15) is 22.8 Å². The minimum absolute atomic E-state index is 0.130. The van der Waals surface area contributed by atoms with Crippen LogP contribution < -0.4 is 5.32 Å². The maximum Gasteiger partial charge on any atom is 0.416 e. The van der Waals surface area contributed by atoms with Crippen molar-refractivity contribution < 1.29 is 27.9 Å². The Morgan fingerprint density at radius 1 is 0.756 bits per heavy atom. The number of hydrogen-bond donors (Lipinski definition) is 2. The Bertz CT molecular complexity index is 2000. The first-order valence-electron chi connectivity index (χ1n) is 14.1. The monoisotopic (exact) mass is 605 g/mol. The van der Waals surface area contributed by atoms with Gasteiger partial charge in [-0.15, -0.1) is 0 Å². The molecule has 0 saturated carbocycles. The molecule has 9 heteroatoms. The van der Waals surface area contributed by atoms with Crippen LogP contribution in [0.2, 0.25) is 0 Å². The van der Waals surface area contributed by atoms with Crippen molar-refractivity contribution in [1.29, 1.82) is 0 Å². The van der Waals surface area contributed by atoms with Gasteiger partial charge in [-0.05, 0) is 88.0 Å². The second kappa shape index (κ2) is 12.1. The summed E-state index contributed by atoms with van der Waals surface area (Å²) >= 11 is 0. The topological polar surface area (TPSA) is 84.2 Å². The molecule has 0 aliphatic heterocycles. The van der Waals surface area contributed by atoms with Crippen LogP contribution in [0.3, 0.4) is 0 Å². The third-order valence-electron chi connectivity index (χ3n) is 7.60. The molecule has 6 nitrogen and oxygen atoms in total. The molecule has 0 unspecified atom stereocenters. The van der Waals surface area contributed by atoms with Crippen molar-refractivity contribution in [1.82, 2.24) is 14.9 Å². The van der Waals surface area contributed by atoms with Gasteiger partial charge in [-0.25, -0.2) is 4.79 Å². The molecule has 4 aromatic carbocycles. The zero-order chi connectivity index (χ0) is 31.6. The smallest absolute Gasteiger partial charge is 0.416 e. The van der Waals surface area contributed by atoms with Crippen LogP contribution in [-0.2, 0) is 19.3 Å². The molecule has 2 aromatic heterocycles. The quantitative estimate of drug-likeness (QED) is 0.184. The summed E-state index contributed by atoms with van der Waals surface area (Å²) in [5, 5.41) is 12.8. The van der Waals surface area contributed by atoms with Gasteiger partial charge in [0.25, 0.3) is 5.91 Å². The highest BCUT2D eigenvalue weighted by molar-refractivity contribution is 6.08. The second-order valence-corrected chi connectivity index (χ2v) is 10.6. The van der Waals surface area contributed by atoms with Crippen molar-refractivity contribution in [2.45, 2.75) is 19.3 Å². The van der Waals surface area contributed by atoms with Crippen LogP contribution in [0.15, 0.2) is 122 Å². The summed E-state index contributed by atoms with van der Waals surface area (Å²) in [6, 6.07) is 28.4. The van der Waals surface area contributed by atoms with Crippen molar-refractivity contribution in [2.75, 3.05) is 0 Å². The van der Waals surface area contributed by atoms with E-state index in [1.54, 1.807) is 42.7 Å². The molecule has 0 aliphatic rings. The number of fused-ring (bicyclic) bond motifs is 1. The van der Waals surface area contributed by atoms with Gasteiger partial charge in [0.1, 0.15) is 0 Å². The molecule has 2 heterocycles. The Labute approximate surface area is 256 Å². The van der Waals surface area contributed by atoms with E-state index in [1.165, 1.54) is 18.2 Å². The maximum absolute atomic E-state index is 13.7. The van der Waals surface area contributed by atoms with Gasteiger partial charge in [0.05, 0.1) is 22.2 Å². The van der Waals surface area contributed by atoms with Crippen molar-refractivity contribution in [3.05, 3.63) is 150 Å². The van der Waals surface area contributed by atoms with Gasteiger partial charge in [-0.2, -0.15) is 13.2 Å². The summed E-state index contributed by atoms with van der Waals surface area (Å²) in [4.78, 5) is 29.0. The van der Waals surface area contributed by atoms with Crippen LogP contribution in [0.4, 0.5) is 13.2 Å². The largest absolute Gasteiger partial charge is 0.478 e. The third-order valence-corrected chi connectivity index (χ3v) is 7.60. The lowest BCUT2D eigenvalue weighted by Crippen LogP contribution is -2.23. The predicted molar refractivity (Wildman–Crippen MR) is 166 cm³/mol. The number of carboxylic acids is 1. The zero-order valence-corrected chi connectivity index (χ0v) is 23.8. The van der Waals surface area contributed by atoms with Crippen LogP contribution in [-0.4, -0.2) is 26.5 Å². The van der Waals surface area contributed by atoms with E-state index >= 15 is 0 Å². The summed E-state index contributed by atoms with van der Waals surface area (Å²) in [5.74, 6) is -1.46. The summed E-state index contributed by atoms with van der Waals surface area (Å²) in [6.07, 6.45) is 0.826. The molecule has 6 rings (SSSR count). The van der Waals surface area contributed by atoms with Gasteiger partial charge >= 0.3 is 12.1 Å². The van der Waals surface area contributed by atoms with Crippen LogP contribution in [0.5, 0.6) is 0 Å². The summed E-state index contributed by atoms with van der Waals surface area (Å²) in [7, 11) is 0. The molecule has 0 fully saturated rings. The summed E-state index contributed by atoms with van der Waals surface area (Å²) < 4.78 is 42.5. The number of carbonyl (C=O) groups excluding carboxylic acids is 1. The number of hydrogen-bond acceptors (Lipinski definition) is 3. The Hall–Kier alpha value is -5.70. The highest BCUT2D eigenvalue weighted by Gasteiger charge is 2.30. The lowest BCUT2D eigenvalue weighted by atomic mass is 9.98. The molecule has 0 saturated heterocycles. The van der Waals surface area contributed by atoms with Crippen LogP contribution >= 0.6 is 0 Å². The van der Waals surface area contributed by atoms with Crippen molar-refractivity contribution in [3.8, 4) is 22.3 Å². The first-order chi connectivity index (χ1) is 21.7. The van der Waals surface area contributed by atoms with E-state index in [2.05, 4.69) is 10.3 Å². The number of pyridine rings is 1. The number of rotatable bonds is 8. The Morgan fingerprint density at radius 3 is 2.13 bits per heavy atom. The first-order valence-corrected chi connectivity index (χ1v) is 14.1. The van der Waals surface area contributed by atoms with E-state index in [1.807, 2.05) is 53.2 Å². The van der Waals surface area contributed by atoms with Gasteiger partial charge in [-0.1, -0.05) is 48.5 Å². The van der Waals surface area contributed by atoms with Crippen molar-refractivity contribution >= 4 is 22.8 Å². The van der Waals surface area contributed by atoms with E-state index < -0.39 is 23.6 Å². The molecule has 0 atom stereocenters. The molecule has 224 valence electrons. The average molecular weight is 606 g/mol. The van der Waals surface area contributed by atoms with E-state index in [0.717, 1.165) is 28.8 Å². The molecule has 0 aliphatic carbocycles. The normalized spacial score (nSPS) is 11.4. The maximum atomic E-state index is 13.7. The molecule has 0 radical (unpaired) electrons. The number of halogens is 3. The Kier molecular flexibility index (Phi) is 7.91. The number of carboxylic acid groups (broad SMARTS) is 1. The molecular formula is C36H26F3N3O3. The number of nitrogens with zero attached hydrogens (tertiary/aromatic N) is 2. The van der Waals surface area contributed by atoms with Crippen LogP contribution in [0.1, 0.15) is 37.4 Å². The Morgan fingerprint density at radius 2 is 1.44 bits per heavy atom. The van der Waals surface area contributed by atoms with Crippen LogP contribution in [0.25, 0.3) is 33.2 Å². The lowest BCUT2D eigenvalue weighted by Gasteiger charge is -2.14. The van der Waals surface area contributed by atoms with Gasteiger partial charge in [0, 0.05) is 37.1 Å². The zero-order valence-electron chi connectivity index (χ0n) is 23.8. The predicted octanol–water partition coefficient (Wildman–Crippen LogP) is 8.07. The molecule has 0 spiro atoms. The number of aromatic carboxylic acids is 1. The summed E-state index contributed by atoms with van der Waals surface area (Å²) in [5.41, 5.74) is 4.90. The molecule has 45 heavy (non-hydrogen) atoms. The minimum Gasteiger partial charge on any atom is -0.478 e. The molecule has 2 N–H and O–H groups in total. The average Bonchev–Trinajstić information content (AvgIpc) is 3.46. The second-order valence-electron chi connectivity index (χ2n) is 10.6. The number of carbonyl (C=O) groups is 2. The summed E-state index contributed by atoms with van der Waals surface area (Å²) in [6.45, 7) is 0.588. The number of amides is 1. The molecule has 6 aromatic rings. The lowest BCUT2D eigenvalue weighted by molar-refractivity contribution is -0.137.